The SMILES string of the molecule is Cc1ccc(C#Cc2ccc(S(=O)(=O)N(CCN3CCOCC3)C3CCC=CN(O)C3=O)s2)cc1. The number of sulfonamides is 1. The van der Waals surface area contributed by atoms with Crippen molar-refractivity contribution in [2.45, 2.75) is 30.0 Å². The number of hydrogen-bond donors (Lipinski definition) is 1. The second-order valence-corrected chi connectivity index (χ2v) is 11.7. The van der Waals surface area contributed by atoms with Crippen molar-refractivity contribution in [1.29, 1.82) is 0 Å². The van der Waals surface area contributed by atoms with Crippen molar-refractivity contribution >= 4 is 27.3 Å². The van der Waals surface area contributed by atoms with Crippen LogP contribution in [0.4, 0.5) is 0 Å². The number of carbonyl (C=O) groups excluding carboxylic acids is 1. The predicted octanol–water partition coefficient (Wildman–Crippen LogP) is 2.67. The number of aryl methyl sites for hydroxylation is 1. The molecular formula is C25H29N3O5S2. The van der Waals surface area contributed by atoms with Crippen molar-refractivity contribution in [2.75, 3.05) is 39.4 Å². The van der Waals surface area contributed by atoms with E-state index in [0.29, 0.717) is 55.6 Å². The number of hydroxylamine groups is 2. The lowest BCUT2D eigenvalue weighted by molar-refractivity contribution is -0.158. The molecule has 35 heavy (non-hydrogen) atoms. The molecule has 1 unspecified atom stereocenters. The second kappa shape index (κ2) is 11.5. The number of carbonyl (C=O) groups is 1. The third-order valence-corrected chi connectivity index (χ3v) is 9.35. The molecule has 1 atom stereocenters. The van der Waals surface area contributed by atoms with Gasteiger partial charge in [-0.1, -0.05) is 35.6 Å². The van der Waals surface area contributed by atoms with Crippen LogP contribution >= 0.6 is 11.3 Å². The first kappa shape index (κ1) is 25.6. The molecule has 1 amide bonds. The van der Waals surface area contributed by atoms with E-state index in [-0.39, 0.29) is 10.8 Å². The van der Waals surface area contributed by atoms with Gasteiger partial charge >= 0.3 is 0 Å². The Balaban J connectivity index is 1.59. The summed E-state index contributed by atoms with van der Waals surface area (Å²) in [5, 5.41) is 10.6. The van der Waals surface area contributed by atoms with Crippen LogP contribution in [-0.2, 0) is 19.6 Å². The number of morpholine rings is 1. The van der Waals surface area contributed by atoms with Gasteiger partial charge < -0.3 is 4.74 Å². The Kier molecular flexibility index (Phi) is 8.38. The molecule has 1 N–H and O–H groups in total. The van der Waals surface area contributed by atoms with E-state index in [9.17, 15) is 18.4 Å². The molecule has 10 heteroatoms. The Morgan fingerprint density at radius 2 is 1.89 bits per heavy atom. The third kappa shape index (κ3) is 6.38. The van der Waals surface area contributed by atoms with Crippen molar-refractivity contribution in [3.63, 3.8) is 0 Å². The number of allylic oxidation sites excluding steroid dienone is 1. The number of amides is 1. The van der Waals surface area contributed by atoms with Gasteiger partial charge in [-0.3, -0.25) is 14.9 Å². The molecule has 0 aliphatic carbocycles. The molecule has 3 heterocycles. The summed E-state index contributed by atoms with van der Waals surface area (Å²) >= 11 is 1.08. The molecule has 1 fully saturated rings. The maximum absolute atomic E-state index is 13.8. The molecule has 0 bridgehead atoms. The van der Waals surface area contributed by atoms with E-state index in [1.807, 2.05) is 31.2 Å². The summed E-state index contributed by atoms with van der Waals surface area (Å²) in [6.45, 7) is 5.21. The highest BCUT2D eigenvalue weighted by molar-refractivity contribution is 7.91. The van der Waals surface area contributed by atoms with Crippen molar-refractivity contribution < 1.29 is 23.2 Å². The van der Waals surface area contributed by atoms with Crippen LogP contribution < -0.4 is 0 Å². The number of benzene rings is 1. The maximum Gasteiger partial charge on any atom is 0.268 e. The quantitative estimate of drug-likeness (QED) is 0.470. The van der Waals surface area contributed by atoms with Gasteiger partial charge in [-0.15, -0.1) is 11.3 Å². The lowest BCUT2D eigenvalue weighted by atomic mass is 10.1. The summed E-state index contributed by atoms with van der Waals surface area (Å²) < 4.78 is 34.3. The predicted molar refractivity (Wildman–Crippen MR) is 133 cm³/mol. The highest BCUT2D eigenvalue weighted by Crippen LogP contribution is 2.28. The number of hydrogen-bond acceptors (Lipinski definition) is 7. The molecule has 1 aromatic heterocycles. The molecule has 2 aliphatic heterocycles. The van der Waals surface area contributed by atoms with Gasteiger partial charge in [0.15, 0.2) is 0 Å². The average Bonchev–Trinajstić information content (AvgIpc) is 3.29. The van der Waals surface area contributed by atoms with Crippen molar-refractivity contribution in [3.8, 4) is 11.8 Å². The van der Waals surface area contributed by atoms with Gasteiger partial charge in [0.1, 0.15) is 10.3 Å². The van der Waals surface area contributed by atoms with Crippen LogP contribution in [0, 0.1) is 18.8 Å². The summed E-state index contributed by atoms with van der Waals surface area (Å²) in [5.74, 6) is 5.45. The van der Waals surface area contributed by atoms with Crippen LogP contribution in [0.2, 0.25) is 0 Å². The van der Waals surface area contributed by atoms with Crippen molar-refractivity contribution in [2.24, 2.45) is 0 Å². The Bertz CT molecular complexity index is 1220. The molecule has 0 saturated carbocycles. The summed E-state index contributed by atoms with van der Waals surface area (Å²) in [6.07, 6.45) is 3.71. The number of nitrogens with zero attached hydrogens (tertiary/aromatic N) is 3. The Hall–Kier alpha value is -2.52. The van der Waals surface area contributed by atoms with Crippen LogP contribution in [0.5, 0.6) is 0 Å². The van der Waals surface area contributed by atoms with E-state index in [2.05, 4.69) is 16.7 Å². The zero-order valence-electron chi connectivity index (χ0n) is 19.6. The Morgan fingerprint density at radius 1 is 1.14 bits per heavy atom. The second-order valence-electron chi connectivity index (χ2n) is 8.47. The van der Waals surface area contributed by atoms with Crippen LogP contribution in [0.1, 0.15) is 28.8 Å². The van der Waals surface area contributed by atoms with Crippen molar-refractivity contribution in [1.82, 2.24) is 14.3 Å². The van der Waals surface area contributed by atoms with E-state index >= 15 is 0 Å². The minimum Gasteiger partial charge on any atom is -0.379 e. The van der Waals surface area contributed by atoms with E-state index in [4.69, 9.17) is 4.74 Å². The maximum atomic E-state index is 13.8. The first-order valence-corrected chi connectivity index (χ1v) is 13.8. The first-order valence-electron chi connectivity index (χ1n) is 11.5. The minimum atomic E-state index is -4.00. The van der Waals surface area contributed by atoms with Gasteiger partial charge in [-0.2, -0.15) is 9.37 Å². The highest BCUT2D eigenvalue weighted by Gasteiger charge is 2.38. The number of thiophene rings is 1. The molecule has 8 nitrogen and oxygen atoms in total. The standard InChI is InChI=1S/C25H29N3O5S2/c1-20-5-7-21(8-6-20)9-10-22-11-12-24(34-22)35(31,32)28(15-14-26-16-18-33-19-17-26)23-4-2-3-13-27(30)25(23)29/h3,5-8,11-13,23,30H,2,4,14-19H2,1H3. The van der Waals surface area contributed by atoms with Gasteiger partial charge in [-0.05, 0) is 44.0 Å². The molecule has 2 aliphatic rings. The van der Waals surface area contributed by atoms with E-state index < -0.39 is 22.0 Å². The van der Waals surface area contributed by atoms with E-state index in [1.165, 1.54) is 16.6 Å². The summed E-state index contributed by atoms with van der Waals surface area (Å²) in [7, 11) is -4.00. The minimum absolute atomic E-state index is 0.127. The molecule has 0 spiro atoms. The van der Waals surface area contributed by atoms with Gasteiger partial charge in [0.2, 0.25) is 0 Å². The topological polar surface area (TPSA) is 90.4 Å². The van der Waals surface area contributed by atoms with E-state index in [1.54, 1.807) is 12.1 Å². The summed E-state index contributed by atoms with van der Waals surface area (Å²) in [4.78, 5) is 15.6. The smallest absolute Gasteiger partial charge is 0.268 e. The van der Waals surface area contributed by atoms with Gasteiger partial charge in [0.05, 0.1) is 18.1 Å². The fourth-order valence-corrected chi connectivity index (χ4v) is 6.86. The first-order chi connectivity index (χ1) is 16.8. The normalized spacial score (nSPS) is 19.5. The van der Waals surface area contributed by atoms with Gasteiger partial charge in [-0.25, -0.2) is 8.42 Å². The van der Waals surface area contributed by atoms with Gasteiger partial charge in [0, 0.05) is 37.9 Å². The fraction of sp³-hybridized carbons (Fsp3) is 0.400. The molecule has 1 aromatic carbocycles. The zero-order chi connectivity index (χ0) is 24.8. The number of ether oxygens (including phenoxy) is 1. The average molecular weight is 516 g/mol. The highest BCUT2D eigenvalue weighted by atomic mass is 32.2. The van der Waals surface area contributed by atoms with Crippen LogP contribution in [-0.4, -0.2) is 79.2 Å². The third-order valence-electron chi connectivity index (χ3n) is 5.98. The monoisotopic (exact) mass is 515 g/mol. The van der Waals surface area contributed by atoms with E-state index in [0.717, 1.165) is 22.5 Å². The van der Waals surface area contributed by atoms with Crippen molar-refractivity contribution in [3.05, 3.63) is 64.7 Å². The fourth-order valence-electron chi connectivity index (χ4n) is 3.97. The Morgan fingerprint density at radius 3 is 2.63 bits per heavy atom. The van der Waals surface area contributed by atoms with Gasteiger partial charge in [0.25, 0.3) is 15.9 Å². The molecule has 0 radical (unpaired) electrons. The molecular weight excluding hydrogens is 486 g/mol. The molecule has 186 valence electrons. The van der Waals surface area contributed by atoms with Crippen LogP contribution in [0.3, 0.4) is 0 Å². The Labute approximate surface area is 210 Å². The largest absolute Gasteiger partial charge is 0.379 e. The van der Waals surface area contributed by atoms with Crippen LogP contribution in [0.15, 0.2) is 52.9 Å². The molecule has 1 saturated heterocycles. The van der Waals surface area contributed by atoms with Crippen LogP contribution in [0.25, 0.3) is 0 Å². The number of rotatable bonds is 6. The lowest BCUT2D eigenvalue weighted by Crippen LogP contribution is -2.51. The zero-order valence-corrected chi connectivity index (χ0v) is 21.2. The summed E-state index contributed by atoms with van der Waals surface area (Å²) in [5.41, 5.74) is 1.99. The lowest BCUT2D eigenvalue weighted by Gasteiger charge is -2.33. The molecule has 2 aromatic rings. The molecule has 4 rings (SSSR count). The summed E-state index contributed by atoms with van der Waals surface area (Å²) in [6, 6.07) is 10.0.